The van der Waals surface area contributed by atoms with Crippen LogP contribution in [0.2, 0.25) is 0 Å². The Kier molecular flexibility index (Phi) is 5.65. The number of hydrogen-bond acceptors (Lipinski definition) is 5. The summed E-state index contributed by atoms with van der Waals surface area (Å²) in [7, 11) is 0. The van der Waals surface area contributed by atoms with Crippen LogP contribution in [0.25, 0.3) is 11.4 Å². The van der Waals surface area contributed by atoms with Gasteiger partial charge in [0.25, 0.3) is 0 Å². The van der Waals surface area contributed by atoms with Crippen molar-refractivity contribution in [3.05, 3.63) is 35.7 Å². The Morgan fingerprint density at radius 3 is 2.56 bits per heavy atom. The highest BCUT2D eigenvalue weighted by Crippen LogP contribution is 2.32. The zero-order valence-electron chi connectivity index (χ0n) is 14.4. The second kappa shape index (κ2) is 7.71. The fraction of sp³-hybridized carbons (Fsp3) is 0.389. The predicted octanol–water partition coefficient (Wildman–Crippen LogP) is 3.50. The van der Waals surface area contributed by atoms with Crippen LogP contribution in [-0.2, 0) is 0 Å². The van der Waals surface area contributed by atoms with Crippen molar-refractivity contribution in [2.75, 3.05) is 0 Å². The summed E-state index contributed by atoms with van der Waals surface area (Å²) >= 11 is 0. The molecule has 2 unspecified atom stereocenters. The Labute approximate surface area is 146 Å². The van der Waals surface area contributed by atoms with Crippen LogP contribution >= 0.6 is 0 Å². The van der Waals surface area contributed by atoms with Gasteiger partial charge < -0.3 is 15.1 Å². The second-order valence-corrected chi connectivity index (χ2v) is 5.69. The number of carboxylic acids is 1. The summed E-state index contributed by atoms with van der Waals surface area (Å²) in [5.41, 5.74) is 0.377. The quantitative estimate of drug-likeness (QED) is 0.745. The van der Waals surface area contributed by atoms with E-state index in [4.69, 9.17) is 4.74 Å². The molecule has 0 amide bonds. The molecule has 0 aliphatic carbocycles. The van der Waals surface area contributed by atoms with Crippen LogP contribution in [0.15, 0.2) is 24.3 Å². The molecule has 7 nitrogen and oxygen atoms in total. The first-order chi connectivity index (χ1) is 11.9. The number of imidazole rings is 1. The van der Waals surface area contributed by atoms with E-state index in [0.29, 0.717) is 28.9 Å². The molecule has 0 spiro atoms. The number of para-hydroxylation sites is 1. The van der Waals surface area contributed by atoms with Crippen LogP contribution in [0.5, 0.6) is 5.75 Å². The fourth-order valence-corrected chi connectivity index (χ4v) is 2.74. The number of nitriles is 1. The monoisotopic (exact) mass is 343 g/mol. The topological polar surface area (TPSA) is 108 Å². The zero-order valence-corrected chi connectivity index (χ0v) is 14.4. The van der Waals surface area contributed by atoms with Crippen molar-refractivity contribution in [3.8, 4) is 23.2 Å². The minimum atomic E-state index is -1.26. The number of ether oxygens (including phenoxy) is 1. The van der Waals surface area contributed by atoms with Crippen molar-refractivity contribution in [3.63, 3.8) is 0 Å². The number of benzene rings is 1. The maximum atomic E-state index is 11.3. The van der Waals surface area contributed by atoms with Gasteiger partial charge in [0.1, 0.15) is 11.9 Å². The van der Waals surface area contributed by atoms with Crippen molar-refractivity contribution in [2.45, 2.75) is 39.7 Å². The highest BCUT2D eigenvalue weighted by molar-refractivity contribution is 5.88. The minimum absolute atomic E-state index is 0.0883. The van der Waals surface area contributed by atoms with E-state index in [0.717, 1.165) is 0 Å². The lowest BCUT2D eigenvalue weighted by Crippen LogP contribution is -2.25. The van der Waals surface area contributed by atoms with E-state index in [-0.39, 0.29) is 29.2 Å². The molecular formula is C18H21N3O4. The Bertz CT molecular complexity index is 807. The first kappa shape index (κ1) is 18.3. The summed E-state index contributed by atoms with van der Waals surface area (Å²) in [6, 6.07) is 9.17. The molecule has 0 bridgehead atoms. The SMILES string of the molecule is CCC(C#N)C(CC)Oc1ccccc1-c1nc(C)c(C(=O)O)n1O. The molecule has 1 aromatic carbocycles. The third-order valence-electron chi connectivity index (χ3n) is 4.09. The van der Waals surface area contributed by atoms with Gasteiger partial charge in [-0.1, -0.05) is 26.0 Å². The highest BCUT2D eigenvalue weighted by atomic mass is 16.5. The normalized spacial score (nSPS) is 13.0. The highest BCUT2D eigenvalue weighted by Gasteiger charge is 2.25. The first-order valence-corrected chi connectivity index (χ1v) is 8.12. The molecule has 0 saturated carbocycles. The molecule has 25 heavy (non-hydrogen) atoms. The van der Waals surface area contributed by atoms with Crippen LogP contribution in [0, 0.1) is 24.2 Å². The van der Waals surface area contributed by atoms with Crippen molar-refractivity contribution in [2.24, 2.45) is 5.92 Å². The second-order valence-electron chi connectivity index (χ2n) is 5.69. The standard InChI is InChI=1S/C18H21N3O4/c1-4-12(10-19)14(5-2)25-15-9-7-6-8-13(15)17-20-11(3)16(18(22)23)21(17)24/h6-9,12,14,24H,4-5H2,1-3H3,(H,22,23). The molecule has 0 aliphatic rings. The number of hydrogen-bond donors (Lipinski definition) is 2. The Morgan fingerprint density at radius 1 is 1.36 bits per heavy atom. The summed E-state index contributed by atoms with van der Waals surface area (Å²) in [4.78, 5) is 15.4. The van der Waals surface area contributed by atoms with Gasteiger partial charge in [0.15, 0.2) is 11.5 Å². The number of carboxylic acid groups (broad SMARTS) is 1. The lowest BCUT2D eigenvalue weighted by molar-refractivity contribution is 0.0645. The number of aromatic carboxylic acids is 1. The number of rotatable bonds is 7. The summed E-state index contributed by atoms with van der Waals surface area (Å²) in [5.74, 6) is -0.993. The average molecular weight is 343 g/mol. The molecule has 0 aliphatic heterocycles. The van der Waals surface area contributed by atoms with Gasteiger partial charge in [0, 0.05) is 0 Å². The van der Waals surface area contributed by atoms with Crippen molar-refractivity contribution >= 4 is 5.97 Å². The van der Waals surface area contributed by atoms with Gasteiger partial charge in [0.05, 0.1) is 23.2 Å². The Morgan fingerprint density at radius 2 is 2.04 bits per heavy atom. The lowest BCUT2D eigenvalue weighted by Gasteiger charge is -2.22. The van der Waals surface area contributed by atoms with E-state index in [9.17, 15) is 20.4 Å². The molecule has 2 aromatic rings. The third-order valence-corrected chi connectivity index (χ3v) is 4.09. The van der Waals surface area contributed by atoms with Crippen LogP contribution in [0.1, 0.15) is 42.9 Å². The predicted molar refractivity (Wildman–Crippen MR) is 90.6 cm³/mol. The van der Waals surface area contributed by atoms with Crippen molar-refractivity contribution in [1.29, 1.82) is 5.26 Å². The Hall–Kier alpha value is -3.01. The number of aromatic nitrogens is 2. The maximum Gasteiger partial charge on any atom is 0.357 e. The zero-order chi connectivity index (χ0) is 18.6. The van der Waals surface area contributed by atoms with Gasteiger partial charge in [0.2, 0.25) is 0 Å². The van der Waals surface area contributed by atoms with E-state index in [1.165, 1.54) is 6.92 Å². The molecule has 132 valence electrons. The molecule has 0 radical (unpaired) electrons. The number of aryl methyl sites for hydroxylation is 1. The molecule has 0 fully saturated rings. The van der Waals surface area contributed by atoms with Gasteiger partial charge in [-0.3, -0.25) is 0 Å². The van der Waals surface area contributed by atoms with Crippen LogP contribution in [0.4, 0.5) is 0 Å². The molecule has 7 heteroatoms. The molecular weight excluding hydrogens is 322 g/mol. The first-order valence-electron chi connectivity index (χ1n) is 8.12. The van der Waals surface area contributed by atoms with Crippen molar-refractivity contribution < 1.29 is 19.8 Å². The van der Waals surface area contributed by atoms with Crippen LogP contribution < -0.4 is 4.74 Å². The molecule has 1 heterocycles. The maximum absolute atomic E-state index is 11.3. The molecule has 2 rings (SSSR count). The van der Waals surface area contributed by atoms with Crippen LogP contribution in [-0.4, -0.2) is 32.1 Å². The molecule has 2 N–H and O–H groups in total. The summed E-state index contributed by atoms with van der Waals surface area (Å²) in [5, 5.41) is 28.7. The van der Waals surface area contributed by atoms with Crippen LogP contribution in [0.3, 0.4) is 0 Å². The summed E-state index contributed by atoms with van der Waals surface area (Å²) in [6.07, 6.45) is 1.000. The number of nitrogens with zero attached hydrogens (tertiary/aromatic N) is 3. The van der Waals surface area contributed by atoms with E-state index >= 15 is 0 Å². The van der Waals surface area contributed by atoms with E-state index in [1.807, 2.05) is 13.8 Å². The van der Waals surface area contributed by atoms with Gasteiger partial charge in [-0.15, -0.1) is 0 Å². The van der Waals surface area contributed by atoms with Gasteiger partial charge >= 0.3 is 5.97 Å². The van der Waals surface area contributed by atoms with E-state index in [2.05, 4.69) is 11.1 Å². The molecule has 0 saturated heterocycles. The van der Waals surface area contributed by atoms with Gasteiger partial charge in [-0.2, -0.15) is 9.99 Å². The van der Waals surface area contributed by atoms with Crippen molar-refractivity contribution in [1.82, 2.24) is 9.71 Å². The third kappa shape index (κ3) is 3.58. The average Bonchev–Trinajstić information content (AvgIpc) is 2.89. The molecule has 1 aromatic heterocycles. The Balaban J connectivity index is 2.48. The van der Waals surface area contributed by atoms with E-state index in [1.54, 1.807) is 24.3 Å². The fourth-order valence-electron chi connectivity index (χ4n) is 2.74. The summed E-state index contributed by atoms with van der Waals surface area (Å²) in [6.45, 7) is 5.38. The molecule has 2 atom stereocenters. The minimum Gasteiger partial charge on any atom is -0.488 e. The van der Waals surface area contributed by atoms with Gasteiger partial charge in [-0.05, 0) is 31.9 Å². The number of carbonyl (C=O) groups is 1. The lowest BCUT2D eigenvalue weighted by atomic mass is 9.99. The largest absolute Gasteiger partial charge is 0.488 e. The van der Waals surface area contributed by atoms with E-state index < -0.39 is 5.97 Å². The summed E-state index contributed by atoms with van der Waals surface area (Å²) < 4.78 is 6.58. The smallest absolute Gasteiger partial charge is 0.357 e. The van der Waals surface area contributed by atoms with Gasteiger partial charge in [-0.25, -0.2) is 9.78 Å².